The number of carbonyl (C=O) groups is 2. The lowest BCUT2D eigenvalue weighted by Gasteiger charge is -2.23. The van der Waals surface area contributed by atoms with Crippen LogP contribution in [0.5, 0.6) is 0 Å². The fourth-order valence-electron chi connectivity index (χ4n) is 3.74. The Bertz CT molecular complexity index is 1590. The number of hydrogen-bond donors (Lipinski definition) is 2. The van der Waals surface area contributed by atoms with E-state index in [1.165, 1.54) is 12.1 Å². The lowest BCUT2D eigenvalue weighted by atomic mass is 10.1. The summed E-state index contributed by atoms with van der Waals surface area (Å²) in [7, 11) is -4.01. The van der Waals surface area contributed by atoms with Gasteiger partial charge in [-0.1, -0.05) is 66.2 Å². The third-order valence-corrected chi connectivity index (χ3v) is 7.65. The van der Waals surface area contributed by atoms with Gasteiger partial charge >= 0.3 is 0 Å². The number of carbonyl (C=O) groups excluding carboxylic acids is 2. The highest BCUT2D eigenvalue weighted by atomic mass is 32.2. The molecule has 2 amide bonds. The molecule has 0 fully saturated rings. The molecule has 0 saturated heterocycles. The molecule has 0 aliphatic rings. The maximum atomic E-state index is 13.4. The predicted molar refractivity (Wildman–Crippen MR) is 153 cm³/mol. The highest BCUT2D eigenvalue weighted by molar-refractivity contribution is 7.92. The average Bonchev–Trinajstić information content (AvgIpc) is 2.96. The average molecular weight is 541 g/mol. The summed E-state index contributed by atoms with van der Waals surface area (Å²) in [6.07, 6.45) is 0. The fourth-order valence-corrected chi connectivity index (χ4v) is 5.18. The summed E-state index contributed by atoms with van der Waals surface area (Å²) in [5, 5.41) is 7.02. The molecular weight excluding hydrogens is 512 g/mol. The van der Waals surface area contributed by atoms with Gasteiger partial charge in [0.25, 0.3) is 21.8 Å². The monoisotopic (exact) mass is 540 g/mol. The Labute approximate surface area is 228 Å². The van der Waals surface area contributed by atoms with Gasteiger partial charge in [0.15, 0.2) is 0 Å². The number of nitrogens with zero attached hydrogens (tertiary/aromatic N) is 2. The van der Waals surface area contributed by atoms with Gasteiger partial charge in [0, 0.05) is 11.3 Å². The minimum atomic E-state index is -4.01. The Kier molecular flexibility index (Phi) is 8.53. The number of hydrazone groups is 1. The molecule has 4 aromatic carbocycles. The summed E-state index contributed by atoms with van der Waals surface area (Å²) in [4.78, 5) is 25.5. The van der Waals surface area contributed by atoms with Crippen LogP contribution in [0.4, 0.5) is 11.4 Å². The second-order valence-electron chi connectivity index (χ2n) is 8.79. The van der Waals surface area contributed by atoms with E-state index in [-0.39, 0.29) is 10.8 Å². The summed E-state index contributed by atoms with van der Waals surface area (Å²) >= 11 is 0. The van der Waals surface area contributed by atoms with Crippen molar-refractivity contribution in [2.45, 2.75) is 18.7 Å². The van der Waals surface area contributed by atoms with E-state index >= 15 is 0 Å². The predicted octanol–water partition coefficient (Wildman–Crippen LogP) is 4.98. The lowest BCUT2D eigenvalue weighted by Crippen LogP contribution is -2.39. The van der Waals surface area contributed by atoms with Crippen LogP contribution in [-0.2, 0) is 14.8 Å². The Hall–Kier alpha value is -4.76. The number of sulfonamides is 1. The van der Waals surface area contributed by atoms with E-state index in [1.54, 1.807) is 97.9 Å². The standard InChI is InChI=1S/C30H28N4O4S/c1-22-16-18-27(19-17-22)34(39(37,38)28-14-7-4-8-15-28)21-29(35)33-32-23(2)25-12-9-13-26(20-25)31-30(36)24-10-5-3-6-11-24/h3-20H,21H2,1-2H3,(H,31,36)(H,33,35)/b32-23-. The summed E-state index contributed by atoms with van der Waals surface area (Å²) < 4.78 is 27.9. The molecule has 39 heavy (non-hydrogen) atoms. The topological polar surface area (TPSA) is 108 Å². The summed E-state index contributed by atoms with van der Waals surface area (Å²) in [6.45, 7) is 3.13. The van der Waals surface area contributed by atoms with E-state index in [0.29, 0.717) is 28.2 Å². The van der Waals surface area contributed by atoms with Gasteiger partial charge in [0.1, 0.15) is 6.54 Å². The molecule has 0 bridgehead atoms. The van der Waals surface area contributed by atoms with Gasteiger partial charge < -0.3 is 5.32 Å². The fraction of sp³-hybridized carbons (Fsp3) is 0.100. The Balaban J connectivity index is 1.49. The number of anilines is 2. The first kappa shape index (κ1) is 27.3. The number of benzene rings is 4. The third kappa shape index (κ3) is 6.97. The van der Waals surface area contributed by atoms with E-state index < -0.39 is 22.5 Å². The number of amides is 2. The van der Waals surface area contributed by atoms with Crippen LogP contribution in [0.1, 0.15) is 28.4 Å². The van der Waals surface area contributed by atoms with Gasteiger partial charge in [0.2, 0.25) is 0 Å². The molecular formula is C30H28N4O4S. The molecule has 8 nitrogen and oxygen atoms in total. The van der Waals surface area contributed by atoms with Crippen LogP contribution in [0.15, 0.2) is 119 Å². The van der Waals surface area contributed by atoms with E-state index in [2.05, 4.69) is 15.8 Å². The van der Waals surface area contributed by atoms with Crippen molar-refractivity contribution in [3.05, 3.63) is 126 Å². The van der Waals surface area contributed by atoms with E-state index in [9.17, 15) is 18.0 Å². The smallest absolute Gasteiger partial charge is 0.264 e. The zero-order chi connectivity index (χ0) is 27.8. The Morgan fingerprint density at radius 2 is 1.41 bits per heavy atom. The summed E-state index contributed by atoms with van der Waals surface area (Å²) in [5.41, 5.74) is 6.04. The Morgan fingerprint density at radius 3 is 2.08 bits per heavy atom. The summed E-state index contributed by atoms with van der Waals surface area (Å²) in [5.74, 6) is -0.852. The molecule has 0 saturated carbocycles. The lowest BCUT2D eigenvalue weighted by molar-refractivity contribution is -0.119. The first-order valence-electron chi connectivity index (χ1n) is 12.2. The third-order valence-electron chi connectivity index (χ3n) is 5.86. The van der Waals surface area contributed by atoms with Crippen LogP contribution in [0.3, 0.4) is 0 Å². The number of hydrogen-bond acceptors (Lipinski definition) is 5. The number of rotatable bonds is 9. The Morgan fingerprint density at radius 1 is 0.795 bits per heavy atom. The number of aryl methyl sites for hydroxylation is 1. The zero-order valence-corrected chi connectivity index (χ0v) is 22.4. The molecule has 0 aliphatic carbocycles. The van der Waals surface area contributed by atoms with Gasteiger partial charge in [-0.05, 0) is 67.9 Å². The number of nitrogens with one attached hydrogen (secondary N) is 2. The van der Waals surface area contributed by atoms with Gasteiger partial charge in [0.05, 0.1) is 16.3 Å². The van der Waals surface area contributed by atoms with Crippen LogP contribution in [-0.4, -0.2) is 32.5 Å². The maximum Gasteiger partial charge on any atom is 0.264 e. The molecule has 9 heteroatoms. The molecule has 198 valence electrons. The molecule has 0 unspecified atom stereocenters. The van der Waals surface area contributed by atoms with Crippen molar-refractivity contribution in [3.63, 3.8) is 0 Å². The van der Waals surface area contributed by atoms with E-state index in [0.717, 1.165) is 9.87 Å². The SMILES string of the molecule is C/C(=N/NC(=O)CN(c1ccc(C)cc1)S(=O)(=O)c1ccccc1)c1cccc(NC(=O)c2ccccc2)c1. The zero-order valence-electron chi connectivity index (χ0n) is 21.5. The first-order valence-corrected chi connectivity index (χ1v) is 13.6. The molecule has 0 aliphatic heterocycles. The largest absolute Gasteiger partial charge is 0.322 e. The van der Waals surface area contributed by atoms with Crippen molar-refractivity contribution in [2.75, 3.05) is 16.2 Å². The van der Waals surface area contributed by atoms with Crippen LogP contribution in [0, 0.1) is 6.92 Å². The highest BCUT2D eigenvalue weighted by Gasteiger charge is 2.27. The molecule has 2 N–H and O–H groups in total. The maximum absolute atomic E-state index is 13.4. The minimum absolute atomic E-state index is 0.0763. The minimum Gasteiger partial charge on any atom is -0.322 e. The van der Waals surface area contributed by atoms with Crippen molar-refractivity contribution in [2.24, 2.45) is 5.10 Å². The van der Waals surface area contributed by atoms with Crippen LogP contribution >= 0.6 is 0 Å². The molecule has 0 aromatic heterocycles. The van der Waals surface area contributed by atoms with E-state index in [1.807, 2.05) is 13.0 Å². The normalized spacial score (nSPS) is 11.5. The van der Waals surface area contributed by atoms with Crippen molar-refractivity contribution >= 4 is 38.9 Å². The van der Waals surface area contributed by atoms with Crippen LogP contribution < -0.4 is 15.0 Å². The molecule has 0 atom stereocenters. The second-order valence-corrected chi connectivity index (χ2v) is 10.7. The summed E-state index contributed by atoms with van der Waals surface area (Å²) in [6, 6.07) is 30.8. The van der Waals surface area contributed by atoms with Gasteiger partial charge in [-0.15, -0.1) is 0 Å². The van der Waals surface area contributed by atoms with Crippen LogP contribution in [0.25, 0.3) is 0 Å². The van der Waals surface area contributed by atoms with Crippen molar-refractivity contribution < 1.29 is 18.0 Å². The van der Waals surface area contributed by atoms with E-state index in [4.69, 9.17) is 0 Å². The first-order chi connectivity index (χ1) is 18.7. The van der Waals surface area contributed by atoms with Gasteiger partial charge in [-0.3, -0.25) is 13.9 Å². The quantitative estimate of drug-likeness (QED) is 0.231. The van der Waals surface area contributed by atoms with Crippen LogP contribution in [0.2, 0.25) is 0 Å². The van der Waals surface area contributed by atoms with Gasteiger partial charge in [-0.25, -0.2) is 13.8 Å². The molecule has 0 heterocycles. The highest BCUT2D eigenvalue weighted by Crippen LogP contribution is 2.24. The molecule has 4 aromatic rings. The van der Waals surface area contributed by atoms with Gasteiger partial charge in [-0.2, -0.15) is 5.10 Å². The van der Waals surface area contributed by atoms with Crippen molar-refractivity contribution in [1.82, 2.24) is 5.43 Å². The molecule has 0 radical (unpaired) electrons. The second kappa shape index (κ2) is 12.2. The molecule has 4 rings (SSSR count). The molecule has 0 spiro atoms. The van der Waals surface area contributed by atoms with Crippen molar-refractivity contribution in [3.8, 4) is 0 Å². The van der Waals surface area contributed by atoms with Crippen molar-refractivity contribution in [1.29, 1.82) is 0 Å².